The average Bonchev–Trinajstić information content (AvgIpc) is 2.81. The van der Waals surface area contributed by atoms with Crippen molar-refractivity contribution < 1.29 is 14.7 Å². The summed E-state index contributed by atoms with van der Waals surface area (Å²) in [6.45, 7) is 3.04. The van der Waals surface area contributed by atoms with E-state index in [0.29, 0.717) is 19.5 Å². The summed E-state index contributed by atoms with van der Waals surface area (Å²) in [4.78, 5) is 26.1. The number of benzene rings is 1. The Hall–Kier alpha value is -1.88. The van der Waals surface area contributed by atoms with Gasteiger partial charge in [0.1, 0.15) is 6.42 Å². The molecular formula is C19H28N2O3. The van der Waals surface area contributed by atoms with Crippen molar-refractivity contribution in [1.82, 2.24) is 10.2 Å². The molecule has 0 bridgehead atoms. The molecule has 1 aliphatic heterocycles. The number of carbonyl (C=O) groups is 2. The first kappa shape index (κ1) is 18.5. The molecule has 5 heteroatoms. The van der Waals surface area contributed by atoms with Gasteiger partial charge in [0.15, 0.2) is 0 Å². The topological polar surface area (TPSA) is 69.6 Å². The number of likely N-dealkylation sites (tertiary alicyclic amines) is 1. The maximum absolute atomic E-state index is 12.5. The van der Waals surface area contributed by atoms with Crippen LogP contribution in [0.15, 0.2) is 30.3 Å². The largest absolute Gasteiger partial charge is 0.388 e. The van der Waals surface area contributed by atoms with Gasteiger partial charge in [-0.3, -0.25) is 9.59 Å². The molecule has 2 N–H and O–H groups in total. The number of amides is 2. The fourth-order valence-electron chi connectivity index (χ4n) is 3.32. The molecular weight excluding hydrogens is 304 g/mol. The van der Waals surface area contributed by atoms with Crippen LogP contribution in [0.1, 0.15) is 57.1 Å². The molecule has 1 saturated heterocycles. The number of nitrogens with one attached hydrogen (secondary N) is 1. The highest BCUT2D eigenvalue weighted by molar-refractivity contribution is 5.97. The second-order valence-electron chi connectivity index (χ2n) is 6.38. The van der Waals surface area contributed by atoms with E-state index in [1.165, 1.54) is 0 Å². The van der Waals surface area contributed by atoms with Gasteiger partial charge in [-0.2, -0.15) is 0 Å². The van der Waals surface area contributed by atoms with Crippen LogP contribution >= 0.6 is 0 Å². The van der Waals surface area contributed by atoms with Crippen LogP contribution in [0.2, 0.25) is 0 Å². The Morgan fingerprint density at radius 2 is 2.00 bits per heavy atom. The van der Waals surface area contributed by atoms with Crippen molar-refractivity contribution >= 4 is 11.8 Å². The lowest BCUT2D eigenvalue weighted by atomic mass is 9.98. The van der Waals surface area contributed by atoms with Gasteiger partial charge in [0.05, 0.1) is 6.10 Å². The summed E-state index contributed by atoms with van der Waals surface area (Å²) in [6.07, 6.45) is 3.80. The zero-order valence-electron chi connectivity index (χ0n) is 14.4. The van der Waals surface area contributed by atoms with E-state index in [0.717, 1.165) is 31.2 Å². The molecule has 1 aromatic carbocycles. The lowest BCUT2D eigenvalue weighted by molar-refractivity contribution is -0.138. The van der Waals surface area contributed by atoms with Gasteiger partial charge in [-0.05, 0) is 31.7 Å². The van der Waals surface area contributed by atoms with Crippen molar-refractivity contribution in [2.75, 3.05) is 13.1 Å². The van der Waals surface area contributed by atoms with Gasteiger partial charge >= 0.3 is 0 Å². The van der Waals surface area contributed by atoms with Crippen molar-refractivity contribution in [1.29, 1.82) is 0 Å². The van der Waals surface area contributed by atoms with Gasteiger partial charge in [0, 0.05) is 19.1 Å². The minimum absolute atomic E-state index is 0.00960. The molecule has 1 fully saturated rings. The normalized spacial score (nSPS) is 19.4. The number of rotatable bonds is 6. The summed E-state index contributed by atoms with van der Waals surface area (Å²) in [5.74, 6) is -0.359. The highest BCUT2D eigenvalue weighted by Crippen LogP contribution is 2.26. The van der Waals surface area contributed by atoms with Crippen LogP contribution in [-0.2, 0) is 9.59 Å². The summed E-state index contributed by atoms with van der Waals surface area (Å²) in [6, 6.07) is 9.53. The van der Waals surface area contributed by atoms with Crippen LogP contribution in [-0.4, -0.2) is 41.0 Å². The molecule has 0 aromatic heterocycles. The number of aliphatic hydroxyl groups excluding tert-OH is 1. The highest BCUT2D eigenvalue weighted by Gasteiger charge is 2.28. The summed E-state index contributed by atoms with van der Waals surface area (Å²) >= 11 is 0. The Morgan fingerprint density at radius 3 is 2.71 bits per heavy atom. The van der Waals surface area contributed by atoms with Gasteiger partial charge in [-0.1, -0.05) is 43.2 Å². The third-order valence-electron chi connectivity index (χ3n) is 4.56. The Bertz CT molecular complexity index is 533. The van der Waals surface area contributed by atoms with E-state index in [2.05, 4.69) is 5.32 Å². The van der Waals surface area contributed by atoms with Crippen molar-refractivity contribution in [3.05, 3.63) is 35.9 Å². The first-order chi connectivity index (χ1) is 11.6. The molecule has 1 heterocycles. The minimum atomic E-state index is -0.589. The maximum atomic E-state index is 12.5. The van der Waals surface area contributed by atoms with E-state index in [9.17, 15) is 14.7 Å². The van der Waals surface area contributed by atoms with Crippen LogP contribution in [0.3, 0.4) is 0 Å². The van der Waals surface area contributed by atoms with E-state index in [1.807, 2.05) is 42.2 Å². The summed E-state index contributed by atoms with van der Waals surface area (Å²) in [5.41, 5.74) is 0.873. The summed E-state index contributed by atoms with van der Waals surface area (Å²) in [5, 5.41) is 13.2. The SMILES string of the molecule is CCNC(=O)CC(=O)N1CCCCCC1CC(O)c1ccccc1. The molecule has 0 spiro atoms. The fraction of sp³-hybridized carbons (Fsp3) is 0.579. The van der Waals surface area contributed by atoms with E-state index >= 15 is 0 Å². The second kappa shape index (κ2) is 9.42. The van der Waals surface area contributed by atoms with E-state index in [4.69, 9.17) is 0 Å². The first-order valence-electron chi connectivity index (χ1n) is 8.91. The summed E-state index contributed by atoms with van der Waals surface area (Å²) < 4.78 is 0. The molecule has 24 heavy (non-hydrogen) atoms. The number of hydrogen-bond donors (Lipinski definition) is 2. The van der Waals surface area contributed by atoms with Gasteiger partial charge in [-0.25, -0.2) is 0 Å². The molecule has 2 unspecified atom stereocenters. The molecule has 132 valence electrons. The van der Waals surface area contributed by atoms with E-state index < -0.39 is 6.10 Å². The van der Waals surface area contributed by atoms with Crippen molar-refractivity contribution in [3.8, 4) is 0 Å². The van der Waals surface area contributed by atoms with Gasteiger partial charge in [0.2, 0.25) is 11.8 Å². The molecule has 2 rings (SSSR count). The van der Waals surface area contributed by atoms with Crippen LogP contribution < -0.4 is 5.32 Å². The van der Waals surface area contributed by atoms with E-state index in [-0.39, 0.29) is 24.3 Å². The van der Waals surface area contributed by atoms with Crippen LogP contribution in [0.4, 0.5) is 0 Å². The summed E-state index contributed by atoms with van der Waals surface area (Å²) in [7, 11) is 0. The van der Waals surface area contributed by atoms with Crippen LogP contribution in [0.5, 0.6) is 0 Å². The molecule has 0 radical (unpaired) electrons. The zero-order chi connectivity index (χ0) is 17.4. The lowest BCUT2D eigenvalue weighted by Crippen LogP contribution is -2.43. The molecule has 2 atom stereocenters. The monoisotopic (exact) mass is 332 g/mol. The number of carbonyl (C=O) groups excluding carboxylic acids is 2. The zero-order valence-corrected chi connectivity index (χ0v) is 14.4. The Kier molecular flexibility index (Phi) is 7.25. The van der Waals surface area contributed by atoms with Crippen molar-refractivity contribution in [2.45, 2.75) is 57.6 Å². The van der Waals surface area contributed by atoms with E-state index in [1.54, 1.807) is 0 Å². The molecule has 0 saturated carbocycles. The van der Waals surface area contributed by atoms with Crippen LogP contribution in [0.25, 0.3) is 0 Å². The lowest BCUT2D eigenvalue weighted by Gasteiger charge is -2.31. The van der Waals surface area contributed by atoms with Gasteiger partial charge in [-0.15, -0.1) is 0 Å². The fourth-order valence-corrected chi connectivity index (χ4v) is 3.32. The second-order valence-corrected chi connectivity index (χ2v) is 6.38. The minimum Gasteiger partial charge on any atom is -0.388 e. The third kappa shape index (κ3) is 5.34. The Balaban J connectivity index is 2.03. The molecule has 1 aromatic rings. The quantitative estimate of drug-likeness (QED) is 0.786. The number of nitrogens with zero attached hydrogens (tertiary/aromatic N) is 1. The van der Waals surface area contributed by atoms with Crippen molar-refractivity contribution in [2.24, 2.45) is 0 Å². The highest BCUT2D eigenvalue weighted by atomic mass is 16.3. The number of hydrogen-bond acceptors (Lipinski definition) is 3. The standard InChI is InChI=1S/C19H28N2O3/c1-2-20-18(23)14-19(24)21-12-8-4-7-11-16(21)13-17(22)15-9-5-3-6-10-15/h3,5-6,9-10,16-17,22H,2,4,7-8,11-14H2,1H3,(H,20,23). The van der Waals surface area contributed by atoms with Crippen molar-refractivity contribution in [3.63, 3.8) is 0 Å². The number of aliphatic hydroxyl groups is 1. The third-order valence-corrected chi connectivity index (χ3v) is 4.56. The molecule has 5 nitrogen and oxygen atoms in total. The molecule has 0 aliphatic carbocycles. The first-order valence-corrected chi connectivity index (χ1v) is 8.91. The van der Waals surface area contributed by atoms with Gasteiger partial charge in [0.25, 0.3) is 0 Å². The Labute approximate surface area is 144 Å². The predicted octanol–water partition coefficient (Wildman–Crippen LogP) is 2.41. The smallest absolute Gasteiger partial charge is 0.232 e. The predicted molar refractivity (Wildman–Crippen MR) is 93.3 cm³/mol. The molecule has 1 aliphatic rings. The maximum Gasteiger partial charge on any atom is 0.232 e. The average molecular weight is 332 g/mol. The van der Waals surface area contributed by atoms with Crippen LogP contribution in [0, 0.1) is 0 Å². The Morgan fingerprint density at radius 1 is 1.25 bits per heavy atom. The van der Waals surface area contributed by atoms with Gasteiger partial charge < -0.3 is 15.3 Å². The molecule has 2 amide bonds.